The SMILES string of the molecule is Fc1ccc(OC(F)(F)c2ccc(-c3ccc(C4OCC(C5CCCC5)CO4)cc3)cc2)cc1F. The first kappa shape index (κ1) is 23.8. The molecule has 35 heavy (non-hydrogen) atoms. The summed E-state index contributed by atoms with van der Waals surface area (Å²) in [5, 5.41) is 0. The average molecular weight is 487 g/mol. The maximum atomic E-state index is 14.5. The molecule has 1 aliphatic carbocycles. The van der Waals surface area contributed by atoms with Crippen LogP contribution in [0.3, 0.4) is 0 Å². The number of halogens is 4. The maximum absolute atomic E-state index is 14.5. The molecule has 0 aromatic heterocycles. The second-order valence-electron chi connectivity index (χ2n) is 9.20. The summed E-state index contributed by atoms with van der Waals surface area (Å²) in [5.74, 6) is -1.68. The van der Waals surface area contributed by atoms with Crippen LogP contribution >= 0.6 is 0 Å². The Morgan fingerprint density at radius 3 is 1.91 bits per heavy atom. The van der Waals surface area contributed by atoms with E-state index in [2.05, 4.69) is 4.74 Å². The minimum Gasteiger partial charge on any atom is -0.429 e. The van der Waals surface area contributed by atoms with E-state index in [9.17, 15) is 17.6 Å². The van der Waals surface area contributed by atoms with E-state index < -0.39 is 35.3 Å². The number of benzene rings is 3. The van der Waals surface area contributed by atoms with Gasteiger partial charge < -0.3 is 14.2 Å². The zero-order chi connectivity index (χ0) is 24.4. The third kappa shape index (κ3) is 5.36. The molecule has 0 spiro atoms. The zero-order valence-corrected chi connectivity index (χ0v) is 19.1. The van der Waals surface area contributed by atoms with Crippen molar-refractivity contribution in [1.82, 2.24) is 0 Å². The van der Waals surface area contributed by atoms with Gasteiger partial charge in [0.25, 0.3) is 0 Å². The molecular weight excluding hydrogens is 460 g/mol. The molecule has 0 amide bonds. The summed E-state index contributed by atoms with van der Waals surface area (Å²) in [6, 6.07) is 15.6. The third-order valence-corrected chi connectivity index (χ3v) is 6.86. The van der Waals surface area contributed by atoms with Gasteiger partial charge in [0.2, 0.25) is 0 Å². The third-order valence-electron chi connectivity index (χ3n) is 6.86. The topological polar surface area (TPSA) is 27.7 Å². The van der Waals surface area contributed by atoms with Crippen molar-refractivity contribution in [2.75, 3.05) is 13.2 Å². The number of hydrogen-bond donors (Lipinski definition) is 0. The van der Waals surface area contributed by atoms with Gasteiger partial charge in [-0.25, -0.2) is 8.78 Å². The summed E-state index contributed by atoms with van der Waals surface area (Å²) >= 11 is 0. The lowest BCUT2D eigenvalue weighted by Crippen LogP contribution is -2.31. The molecule has 0 N–H and O–H groups in total. The van der Waals surface area contributed by atoms with Gasteiger partial charge in [-0.05, 0) is 41.3 Å². The van der Waals surface area contributed by atoms with Crippen LogP contribution in [-0.2, 0) is 15.6 Å². The highest BCUT2D eigenvalue weighted by Crippen LogP contribution is 2.37. The van der Waals surface area contributed by atoms with Crippen LogP contribution in [0.5, 0.6) is 5.75 Å². The Bertz CT molecular complexity index is 1130. The fourth-order valence-electron chi connectivity index (χ4n) is 4.85. The lowest BCUT2D eigenvalue weighted by Gasteiger charge is -2.32. The number of alkyl halides is 2. The Morgan fingerprint density at radius 1 is 0.714 bits per heavy atom. The Balaban J connectivity index is 1.22. The van der Waals surface area contributed by atoms with Gasteiger partial charge in [-0.2, -0.15) is 8.78 Å². The second kappa shape index (κ2) is 9.99. The smallest absolute Gasteiger partial charge is 0.426 e. The van der Waals surface area contributed by atoms with Gasteiger partial charge in [0, 0.05) is 17.5 Å². The van der Waals surface area contributed by atoms with E-state index in [1.807, 2.05) is 24.3 Å². The van der Waals surface area contributed by atoms with Crippen molar-refractivity contribution in [2.45, 2.75) is 38.1 Å². The fraction of sp³-hybridized carbons (Fsp3) is 0.357. The second-order valence-corrected chi connectivity index (χ2v) is 9.20. The van der Waals surface area contributed by atoms with Crippen molar-refractivity contribution in [1.29, 1.82) is 0 Å². The van der Waals surface area contributed by atoms with E-state index in [1.54, 1.807) is 12.1 Å². The van der Waals surface area contributed by atoms with Gasteiger partial charge in [-0.3, -0.25) is 0 Å². The van der Waals surface area contributed by atoms with Crippen molar-refractivity contribution in [3.63, 3.8) is 0 Å². The quantitative estimate of drug-likeness (QED) is 0.336. The average Bonchev–Trinajstić information content (AvgIpc) is 3.42. The Morgan fingerprint density at radius 2 is 1.31 bits per heavy atom. The van der Waals surface area contributed by atoms with Gasteiger partial charge in [0.05, 0.1) is 18.8 Å². The molecule has 5 rings (SSSR count). The van der Waals surface area contributed by atoms with Gasteiger partial charge >= 0.3 is 6.11 Å². The molecule has 2 aliphatic rings. The molecule has 184 valence electrons. The van der Waals surface area contributed by atoms with Crippen molar-refractivity contribution in [3.8, 4) is 16.9 Å². The lowest BCUT2D eigenvalue weighted by atomic mass is 9.91. The molecule has 0 unspecified atom stereocenters. The summed E-state index contributed by atoms with van der Waals surface area (Å²) in [4.78, 5) is 0. The highest BCUT2D eigenvalue weighted by molar-refractivity contribution is 5.64. The molecule has 1 saturated carbocycles. The van der Waals surface area contributed by atoms with Gasteiger partial charge in [-0.1, -0.05) is 62.1 Å². The molecule has 7 heteroatoms. The van der Waals surface area contributed by atoms with Gasteiger partial charge in [-0.15, -0.1) is 0 Å². The van der Waals surface area contributed by atoms with E-state index >= 15 is 0 Å². The first-order valence-electron chi connectivity index (χ1n) is 11.8. The highest BCUT2D eigenvalue weighted by atomic mass is 19.3. The predicted molar refractivity (Wildman–Crippen MR) is 123 cm³/mol. The van der Waals surface area contributed by atoms with Crippen molar-refractivity contribution in [2.24, 2.45) is 11.8 Å². The molecule has 3 nitrogen and oxygen atoms in total. The number of ether oxygens (including phenoxy) is 3. The van der Waals surface area contributed by atoms with Crippen molar-refractivity contribution < 1.29 is 31.8 Å². The normalized spacial score (nSPS) is 21.3. The molecule has 3 aromatic rings. The molecule has 0 atom stereocenters. The van der Waals surface area contributed by atoms with Crippen LogP contribution in [0.2, 0.25) is 0 Å². The van der Waals surface area contributed by atoms with Gasteiger partial charge in [0.1, 0.15) is 5.75 Å². The summed E-state index contributed by atoms with van der Waals surface area (Å²) in [6.07, 6.45) is 1.02. The highest BCUT2D eigenvalue weighted by Gasteiger charge is 2.35. The van der Waals surface area contributed by atoms with E-state index in [0.717, 1.165) is 28.8 Å². The largest absolute Gasteiger partial charge is 0.429 e. The zero-order valence-electron chi connectivity index (χ0n) is 19.1. The van der Waals surface area contributed by atoms with Crippen molar-refractivity contribution in [3.05, 3.63) is 89.5 Å². The summed E-state index contributed by atoms with van der Waals surface area (Å²) in [6.45, 7) is 1.42. The van der Waals surface area contributed by atoms with Crippen LogP contribution in [-0.4, -0.2) is 13.2 Å². The fourth-order valence-corrected chi connectivity index (χ4v) is 4.85. The summed E-state index contributed by atoms with van der Waals surface area (Å²) in [5.41, 5.74) is 2.12. The van der Waals surface area contributed by atoms with E-state index in [1.165, 1.54) is 37.8 Å². The summed E-state index contributed by atoms with van der Waals surface area (Å²) < 4.78 is 72.0. The number of hydrogen-bond acceptors (Lipinski definition) is 3. The van der Waals surface area contributed by atoms with Gasteiger partial charge in [0.15, 0.2) is 17.9 Å². The lowest BCUT2D eigenvalue weighted by molar-refractivity contribution is -0.212. The Labute approximate surface area is 201 Å². The van der Waals surface area contributed by atoms with Crippen LogP contribution in [0.4, 0.5) is 17.6 Å². The molecule has 1 heterocycles. The van der Waals surface area contributed by atoms with Crippen LogP contribution in [0, 0.1) is 23.5 Å². The van der Waals surface area contributed by atoms with Crippen LogP contribution in [0.25, 0.3) is 11.1 Å². The molecule has 3 aromatic carbocycles. The van der Waals surface area contributed by atoms with Crippen LogP contribution in [0.1, 0.15) is 43.1 Å². The minimum absolute atomic E-state index is 0.392. The first-order chi connectivity index (χ1) is 16.9. The van der Waals surface area contributed by atoms with E-state index in [0.29, 0.717) is 31.1 Å². The molecule has 0 bridgehead atoms. The Hall–Kier alpha value is -2.90. The van der Waals surface area contributed by atoms with E-state index in [4.69, 9.17) is 9.47 Å². The van der Waals surface area contributed by atoms with E-state index in [-0.39, 0.29) is 0 Å². The maximum Gasteiger partial charge on any atom is 0.426 e. The molecule has 2 fully saturated rings. The summed E-state index contributed by atoms with van der Waals surface area (Å²) in [7, 11) is 0. The number of rotatable bonds is 6. The first-order valence-corrected chi connectivity index (χ1v) is 11.8. The minimum atomic E-state index is -3.71. The Kier molecular flexibility index (Phi) is 6.80. The molecule has 0 radical (unpaired) electrons. The predicted octanol–water partition coefficient (Wildman–Crippen LogP) is 7.61. The van der Waals surface area contributed by atoms with Crippen LogP contribution in [0.15, 0.2) is 66.7 Å². The molecular formula is C28H26F4O3. The van der Waals surface area contributed by atoms with Crippen LogP contribution < -0.4 is 4.74 Å². The standard InChI is InChI=1S/C28H26F4O3/c29-25-14-13-24(15-26(25)30)35-28(31,32)23-11-9-20(10-12-23)19-5-7-21(8-6-19)27-33-16-22(17-34-27)18-3-1-2-4-18/h5-15,18,22,27H,1-4,16-17H2. The monoisotopic (exact) mass is 486 g/mol. The molecule has 1 aliphatic heterocycles. The molecule has 1 saturated heterocycles. The van der Waals surface area contributed by atoms with Crippen molar-refractivity contribution >= 4 is 0 Å².